The molecule has 0 saturated carbocycles. The SMILES string of the molecule is C=C(Br)CSc1nnc(NCCc2cccs2)s1. The van der Waals surface area contributed by atoms with E-state index in [2.05, 4.69) is 55.5 Å². The second-order valence-corrected chi connectivity index (χ2v) is 7.79. The highest BCUT2D eigenvalue weighted by atomic mass is 79.9. The van der Waals surface area contributed by atoms with Crippen molar-refractivity contribution in [3.8, 4) is 0 Å². The van der Waals surface area contributed by atoms with Crippen LogP contribution in [0.15, 0.2) is 32.9 Å². The number of hydrogen-bond donors (Lipinski definition) is 1. The molecule has 0 aliphatic carbocycles. The first kappa shape index (κ1) is 14.0. The van der Waals surface area contributed by atoms with Crippen molar-refractivity contribution < 1.29 is 0 Å². The van der Waals surface area contributed by atoms with Crippen LogP contribution in [-0.4, -0.2) is 22.5 Å². The van der Waals surface area contributed by atoms with Crippen LogP contribution in [-0.2, 0) is 6.42 Å². The molecule has 7 heteroatoms. The van der Waals surface area contributed by atoms with E-state index in [1.165, 1.54) is 4.88 Å². The number of thiophene rings is 1. The largest absolute Gasteiger partial charge is 0.360 e. The Balaban J connectivity index is 1.74. The van der Waals surface area contributed by atoms with Crippen molar-refractivity contribution >= 4 is 55.5 Å². The fourth-order valence-corrected chi connectivity index (χ4v) is 3.81. The van der Waals surface area contributed by atoms with Crippen molar-refractivity contribution in [3.63, 3.8) is 0 Å². The van der Waals surface area contributed by atoms with Crippen molar-refractivity contribution in [2.24, 2.45) is 0 Å². The van der Waals surface area contributed by atoms with Crippen LogP contribution in [0.2, 0.25) is 0 Å². The van der Waals surface area contributed by atoms with Gasteiger partial charge in [-0.2, -0.15) is 0 Å². The van der Waals surface area contributed by atoms with E-state index in [4.69, 9.17) is 0 Å². The summed E-state index contributed by atoms with van der Waals surface area (Å²) in [4.78, 5) is 1.39. The molecule has 2 rings (SSSR count). The summed E-state index contributed by atoms with van der Waals surface area (Å²) in [6.07, 6.45) is 1.03. The standard InChI is InChI=1S/C11H12BrN3S3/c1-8(12)7-17-11-15-14-10(18-11)13-5-4-9-3-2-6-16-9/h2-3,6H,1,4-5,7H2,(H,13,14). The van der Waals surface area contributed by atoms with Crippen molar-refractivity contribution in [1.29, 1.82) is 0 Å². The van der Waals surface area contributed by atoms with Gasteiger partial charge in [0.25, 0.3) is 0 Å². The smallest absolute Gasteiger partial charge is 0.206 e. The monoisotopic (exact) mass is 361 g/mol. The predicted molar refractivity (Wildman–Crippen MR) is 85.2 cm³/mol. The minimum atomic E-state index is 0.823. The molecule has 1 N–H and O–H groups in total. The van der Waals surface area contributed by atoms with Gasteiger partial charge >= 0.3 is 0 Å². The lowest BCUT2D eigenvalue weighted by molar-refractivity contribution is 0.980. The van der Waals surface area contributed by atoms with Gasteiger partial charge in [0.15, 0.2) is 4.34 Å². The fraction of sp³-hybridized carbons (Fsp3) is 0.273. The Bertz CT molecular complexity index is 495. The van der Waals surface area contributed by atoms with Crippen molar-refractivity contribution in [2.45, 2.75) is 10.8 Å². The number of nitrogens with zero attached hydrogens (tertiary/aromatic N) is 2. The van der Waals surface area contributed by atoms with Crippen molar-refractivity contribution in [2.75, 3.05) is 17.6 Å². The third kappa shape index (κ3) is 4.72. The molecule has 0 aromatic carbocycles. The minimum absolute atomic E-state index is 0.823. The number of nitrogens with one attached hydrogen (secondary N) is 1. The number of aromatic nitrogens is 2. The summed E-state index contributed by atoms with van der Waals surface area (Å²) < 4.78 is 1.93. The van der Waals surface area contributed by atoms with Gasteiger partial charge in [-0.25, -0.2) is 0 Å². The first-order valence-corrected chi connectivity index (χ1v) is 8.77. The maximum atomic E-state index is 4.11. The lowest BCUT2D eigenvalue weighted by Gasteiger charge is -1.99. The first-order chi connectivity index (χ1) is 8.74. The Hall–Kier alpha value is -0.370. The molecule has 0 aliphatic heterocycles. The van der Waals surface area contributed by atoms with Gasteiger partial charge in [-0.3, -0.25) is 0 Å². The van der Waals surface area contributed by atoms with E-state index in [1.54, 1.807) is 34.4 Å². The normalized spacial score (nSPS) is 10.5. The number of hydrogen-bond acceptors (Lipinski definition) is 6. The topological polar surface area (TPSA) is 37.8 Å². The van der Waals surface area contributed by atoms with Gasteiger partial charge in [0.2, 0.25) is 5.13 Å². The molecule has 0 amide bonds. The summed E-state index contributed by atoms with van der Waals surface area (Å²) >= 11 is 8.34. The Morgan fingerprint density at radius 3 is 3.11 bits per heavy atom. The Kier molecular flexibility index (Phi) is 5.68. The number of rotatable bonds is 7. The molecule has 0 spiro atoms. The molecule has 0 aliphatic rings. The van der Waals surface area contributed by atoms with Gasteiger partial charge in [0.05, 0.1) is 0 Å². The van der Waals surface area contributed by atoms with Crippen LogP contribution < -0.4 is 5.32 Å². The summed E-state index contributed by atoms with van der Waals surface area (Å²) in [6, 6.07) is 4.22. The zero-order valence-electron chi connectivity index (χ0n) is 9.56. The lowest BCUT2D eigenvalue weighted by Crippen LogP contribution is -2.03. The van der Waals surface area contributed by atoms with Gasteiger partial charge in [0, 0.05) is 17.2 Å². The molecule has 0 atom stereocenters. The van der Waals surface area contributed by atoms with Crippen molar-refractivity contribution in [1.82, 2.24) is 10.2 Å². The van der Waals surface area contributed by atoms with Gasteiger partial charge in [-0.1, -0.05) is 51.7 Å². The van der Waals surface area contributed by atoms with Crippen LogP contribution in [0, 0.1) is 0 Å². The van der Waals surface area contributed by atoms with E-state index in [1.807, 2.05) is 0 Å². The quantitative estimate of drug-likeness (QED) is 0.747. The van der Waals surface area contributed by atoms with Gasteiger partial charge in [-0.15, -0.1) is 21.5 Å². The maximum absolute atomic E-state index is 4.11. The summed E-state index contributed by atoms with van der Waals surface area (Å²) in [6.45, 7) is 4.69. The maximum Gasteiger partial charge on any atom is 0.206 e. The van der Waals surface area contributed by atoms with E-state index in [0.717, 1.165) is 32.7 Å². The molecular formula is C11H12BrN3S3. The first-order valence-electron chi connectivity index (χ1n) is 5.30. The zero-order chi connectivity index (χ0) is 12.8. The molecule has 0 fully saturated rings. The Morgan fingerprint density at radius 1 is 1.50 bits per heavy atom. The summed E-state index contributed by atoms with van der Waals surface area (Å²) in [5.41, 5.74) is 0. The lowest BCUT2D eigenvalue weighted by atomic mass is 10.3. The van der Waals surface area contributed by atoms with E-state index in [-0.39, 0.29) is 0 Å². The summed E-state index contributed by atoms with van der Waals surface area (Å²) in [7, 11) is 0. The highest BCUT2D eigenvalue weighted by molar-refractivity contribution is 9.11. The van der Waals surface area contributed by atoms with Crippen LogP contribution >= 0.6 is 50.4 Å². The number of halogens is 1. The molecule has 0 saturated heterocycles. The molecule has 0 unspecified atom stereocenters. The molecule has 2 aromatic rings. The van der Waals surface area contributed by atoms with Crippen molar-refractivity contribution in [3.05, 3.63) is 33.5 Å². The Morgan fingerprint density at radius 2 is 2.39 bits per heavy atom. The second kappa shape index (κ2) is 7.28. The van der Waals surface area contributed by atoms with Crippen LogP contribution in [0.5, 0.6) is 0 Å². The minimum Gasteiger partial charge on any atom is -0.360 e. The van der Waals surface area contributed by atoms with E-state index >= 15 is 0 Å². The van der Waals surface area contributed by atoms with E-state index in [9.17, 15) is 0 Å². The third-order valence-electron chi connectivity index (χ3n) is 1.99. The molecule has 3 nitrogen and oxygen atoms in total. The highest BCUT2D eigenvalue weighted by Crippen LogP contribution is 2.27. The summed E-state index contributed by atoms with van der Waals surface area (Å²) in [5.74, 6) is 0.823. The van der Waals surface area contributed by atoms with Crippen LogP contribution in [0.1, 0.15) is 4.88 Å². The van der Waals surface area contributed by atoms with Crippen LogP contribution in [0.3, 0.4) is 0 Å². The van der Waals surface area contributed by atoms with Gasteiger partial charge < -0.3 is 5.32 Å². The van der Waals surface area contributed by atoms with Crippen LogP contribution in [0.25, 0.3) is 0 Å². The number of anilines is 1. The fourth-order valence-electron chi connectivity index (χ4n) is 1.23. The highest BCUT2D eigenvalue weighted by Gasteiger charge is 2.04. The van der Waals surface area contributed by atoms with Gasteiger partial charge in [0.1, 0.15) is 0 Å². The predicted octanol–water partition coefficient (Wildman–Crippen LogP) is 4.25. The molecule has 2 aromatic heterocycles. The molecule has 2 heterocycles. The Labute approximate surface area is 127 Å². The van der Waals surface area contributed by atoms with Crippen LogP contribution in [0.4, 0.5) is 5.13 Å². The molecular weight excluding hydrogens is 350 g/mol. The molecule has 18 heavy (non-hydrogen) atoms. The summed E-state index contributed by atoms with van der Waals surface area (Å²) in [5, 5.41) is 14.5. The second-order valence-electron chi connectivity index (χ2n) is 3.44. The zero-order valence-corrected chi connectivity index (χ0v) is 13.6. The van der Waals surface area contributed by atoms with E-state index in [0.29, 0.717) is 0 Å². The van der Waals surface area contributed by atoms with E-state index < -0.39 is 0 Å². The van der Waals surface area contributed by atoms with Gasteiger partial charge in [-0.05, 0) is 22.3 Å². The molecule has 96 valence electrons. The third-order valence-corrected chi connectivity index (χ3v) is 5.67. The molecule has 0 radical (unpaired) electrons. The average molecular weight is 362 g/mol. The molecule has 0 bridgehead atoms. The number of thioether (sulfide) groups is 1. The average Bonchev–Trinajstić information content (AvgIpc) is 2.97.